The molecule has 10 nitrogen and oxygen atoms in total. The van der Waals surface area contributed by atoms with Crippen LogP contribution in [0.5, 0.6) is 0 Å². The van der Waals surface area contributed by atoms with E-state index < -0.39 is 5.82 Å². The van der Waals surface area contributed by atoms with Crippen LogP contribution in [0.1, 0.15) is 11.1 Å². The van der Waals surface area contributed by atoms with Crippen molar-refractivity contribution < 1.29 is 9.18 Å². The molecule has 220 valence electrons. The number of aryl methyl sites for hydroxylation is 1. The predicted molar refractivity (Wildman–Crippen MR) is 169 cm³/mol. The molecule has 0 saturated carbocycles. The first-order valence-electron chi connectivity index (χ1n) is 13.9. The number of nitrogens with zero attached hydrogens (tertiary/aromatic N) is 7. The molecule has 45 heavy (non-hydrogen) atoms. The van der Waals surface area contributed by atoms with E-state index in [0.717, 1.165) is 16.7 Å². The molecule has 0 spiro atoms. The Kier molecular flexibility index (Phi) is 8.19. The number of rotatable bonds is 8. The quantitative estimate of drug-likeness (QED) is 0.200. The summed E-state index contributed by atoms with van der Waals surface area (Å²) < 4.78 is 15.6. The highest BCUT2D eigenvalue weighted by Crippen LogP contribution is 2.29. The first kappa shape index (κ1) is 28.7. The third-order valence-electron chi connectivity index (χ3n) is 6.89. The number of anilines is 4. The monoisotopic (exact) mass is 595 g/mol. The maximum absolute atomic E-state index is 13.9. The summed E-state index contributed by atoms with van der Waals surface area (Å²) in [7, 11) is 1.85. The van der Waals surface area contributed by atoms with E-state index in [4.69, 9.17) is 0 Å². The maximum Gasteiger partial charge on any atom is 0.327 e. The van der Waals surface area contributed by atoms with Crippen molar-refractivity contribution in [3.05, 3.63) is 133 Å². The number of benzene rings is 3. The lowest BCUT2D eigenvalue weighted by Crippen LogP contribution is -2.37. The molecule has 0 bridgehead atoms. The lowest BCUT2D eigenvalue weighted by atomic mass is 10.1. The minimum atomic E-state index is -0.432. The van der Waals surface area contributed by atoms with Gasteiger partial charge in [0.25, 0.3) is 0 Å². The highest BCUT2D eigenvalue weighted by Gasteiger charge is 2.20. The third kappa shape index (κ3) is 6.65. The Bertz CT molecular complexity index is 1990. The Morgan fingerprint density at radius 1 is 0.911 bits per heavy atom. The second-order valence-corrected chi connectivity index (χ2v) is 10.0. The summed E-state index contributed by atoms with van der Waals surface area (Å²) in [5.41, 5.74) is 4.96. The number of nitriles is 1. The van der Waals surface area contributed by atoms with Crippen LogP contribution in [-0.2, 0) is 13.6 Å². The van der Waals surface area contributed by atoms with Crippen molar-refractivity contribution in [2.75, 3.05) is 10.2 Å². The summed E-state index contributed by atoms with van der Waals surface area (Å²) in [6, 6.07) is 28.0. The lowest BCUT2D eigenvalue weighted by Gasteiger charge is -2.23. The second kappa shape index (κ2) is 12.8. The number of nitrogens with one attached hydrogen (secondary N) is 2. The standard InChI is InChI=1S/C34H26FN9O/c1-43-22-27(21-40-43)25-10-15-31(37-19-25)44(34(45)39-18-23-6-3-2-4-7-23)30-13-11-29(12-14-30)41-33-38-20-26(17-36)32(42-33)24-8-5-9-28(35)16-24/h2-16,19-22H,18H2,1H3,(H,39,45)(H,38,41,42). The Balaban J connectivity index is 1.26. The van der Waals surface area contributed by atoms with E-state index in [2.05, 4.69) is 36.8 Å². The number of aromatic nitrogens is 5. The smallest absolute Gasteiger partial charge is 0.327 e. The largest absolute Gasteiger partial charge is 0.333 e. The van der Waals surface area contributed by atoms with Gasteiger partial charge in [0.1, 0.15) is 17.7 Å². The molecule has 3 aromatic heterocycles. The molecular weight excluding hydrogens is 569 g/mol. The third-order valence-corrected chi connectivity index (χ3v) is 6.89. The Morgan fingerprint density at radius 2 is 1.73 bits per heavy atom. The summed E-state index contributed by atoms with van der Waals surface area (Å²) in [6.07, 6.45) is 6.75. The molecule has 0 saturated heterocycles. The maximum atomic E-state index is 13.9. The number of carbonyl (C=O) groups excluding carboxylic acids is 1. The number of hydrogen-bond donors (Lipinski definition) is 2. The molecule has 6 aromatic rings. The number of pyridine rings is 1. The molecule has 0 aliphatic carbocycles. The molecule has 0 aliphatic heterocycles. The van der Waals surface area contributed by atoms with Crippen LogP contribution >= 0.6 is 0 Å². The molecule has 3 heterocycles. The highest BCUT2D eigenvalue weighted by atomic mass is 19.1. The van der Waals surface area contributed by atoms with Crippen LogP contribution in [0.3, 0.4) is 0 Å². The molecule has 3 aromatic carbocycles. The Hall–Kier alpha value is -6.41. The number of hydrogen-bond acceptors (Lipinski definition) is 7. The van der Waals surface area contributed by atoms with Crippen molar-refractivity contribution in [1.29, 1.82) is 5.26 Å². The van der Waals surface area contributed by atoms with Crippen LogP contribution in [0.2, 0.25) is 0 Å². The minimum Gasteiger partial charge on any atom is -0.333 e. The molecule has 2 N–H and O–H groups in total. The minimum absolute atomic E-state index is 0.223. The van der Waals surface area contributed by atoms with E-state index in [-0.39, 0.29) is 17.5 Å². The number of halogens is 1. The number of carbonyl (C=O) groups is 1. The van der Waals surface area contributed by atoms with Gasteiger partial charge >= 0.3 is 6.03 Å². The van der Waals surface area contributed by atoms with Gasteiger partial charge in [-0.15, -0.1) is 0 Å². The normalized spacial score (nSPS) is 10.6. The van der Waals surface area contributed by atoms with Crippen LogP contribution in [0.4, 0.5) is 32.3 Å². The molecular formula is C34H26FN9O. The van der Waals surface area contributed by atoms with Crippen LogP contribution < -0.4 is 15.5 Å². The SMILES string of the molecule is Cn1cc(-c2ccc(N(C(=O)NCc3ccccc3)c3ccc(Nc4ncc(C#N)c(-c5cccc(F)c5)n4)cc3)nc2)cn1. The van der Waals surface area contributed by atoms with Crippen LogP contribution in [-0.4, -0.2) is 30.8 Å². The van der Waals surface area contributed by atoms with E-state index in [9.17, 15) is 14.4 Å². The second-order valence-electron chi connectivity index (χ2n) is 10.0. The van der Waals surface area contributed by atoms with Crippen molar-refractivity contribution in [2.24, 2.45) is 7.05 Å². The number of amides is 2. The van der Waals surface area contributed by atoms with Crippen molar-refractivity contribution in [1.82, 2.24) is 30.0 Å². The number of urea groups is 1. The van der Waals surface area contributed by atoms with E-state index in [0.29, 0.717) is 35.0 Å². The van der Waals surface area contributed by atoms with Crippen LogP contribution in [0.25, 0.3) is 22.4 Å². The van der Waals surface area contributed by atoms with Gasteiger partial charge in [-0.25, -0.2) is 29.0 Å². The Morgan fingerprint density at radius 3 is 2.42 bits per heavy atom. The van der Waals surface area contributed by atoms with Gasteiger partial charge in [-0.2, -0.15) is 10.4 Å². The summed E-state index contributed by atoms with van der Waals surface area (Å²) in [6.45, 7) is 0.341. The fourth-order valence-corrected chi connectivity index (χ4v) is 4.67. The zero-order valence-electron chi connectivity index (χ0n) is 24.1. The van der Waals surface area contributed by atoms with E-state index in [1.54, 1.807) is 59.5 Å². The zero-order valence-corrected chi connectivity index (χ0v) is 24.1. The van der Waals surface area contributed by atoms with Gasteiger partial charge in [-0.1, -0.05) is 42.5 Å². The van der Waals surface area contributed by atoms with Crippen molar-refractivity contribution in [3.8, 4) is 28.5 Å². The van der Waals surface area contributed by atoms with E-state index >= 15 is 0 Å². The van der Waals surface area contributed by atoms with Gasteiger partial charge in [0, 0.05) is 48.4 Å². The molecule has 6 rings (SSSR count). The summed E-state index contributed by atoms with van der Waals surface area (Å²) in [5.74, 6) is 0.230. The molecule has 0 aliphatic rings. The summed E-state index contributed by atoms with van der Waals surface area (Å²) in [5, 5.41) is 19.9. The van der Waals surface area contributed by atoms with Gasteiger partial charge in [0.05, 0.1) is 29.3 Å². The predicted octanol–water partition coefficient (Wildman–Crippen LogP) is 6.74. The topological polar surface area (TPSA) is 125 Å². The van der Waals surface area contributed by atoms with Crippen LogP contribution in [0.15, 0.2) is 116 Å². The van der Waals surface area contributed by atoms with E-state index in [1.165, 1.54) is 23.2 Å². The molecule has 0 unspecified atom stereocenters. The summed E-state index contributed by atoms with van der Waals surface area (Å²) >= 11 is 0. The molecule has 11 heteroatoms. The van der Waals surface area contributed by atoms with Crippen LogP contribution in [0, 0.1) is 17.1 Å². The Labute approximate surface area is 258 Å². The van der Waals surface area contributed by atoms with Gasteiger partial charge in [-0.3, -0.25) is 4.68 Å². The molecule has 2 amide bonds. The van der Waals surface area contributed by atoms with Gasteiger partial charge in [0.2, 0.25) is 5.95 Å². The van der Waals surface area contributed by atoms with Crippen molar-refractivity contribution >= 4 is 29.2 Å². The zero-order chi connectivity index (χ0) is 31.2. The van der Waals surface area contributed by atoms with Crippen molar-refractivity contribution in [2.45, 2.75) is 6.54 Å². The average molecular weight is 596 g/mol. The van der Waals surface area contributed by atoms with Crippen molar-refractivity contribution in [3.63, 3.8) is 0 Å². The molecule has 0 radical (unpaired) electrons. The lowest BCUT2D eigenvalue weighted by molar-refractivity contribution is 0.248. The first-order chi connectivity index (χ1) is 22.0. The fraction of sp³-hybridized carbons (Fsp3) is 0.0588. The highest BCUT2D eigenvalue weighted by molar-refractivity contribution is 5.98. The molecule has 0 fully saturated rings. The van der Waals surface area contributed by atoms with Gasteiger partial charge in [-0.05, 0) is 54.1 Å². The average Bonchev–Trinajstić information content (AvgIpc) is 3.51. The van der Waals surface area contributed by atoms with Gasteiger partial charge < -0.3 is 10.6 Å². The summed E-state index contributed by atoms with van der Waals surface area (Å²) in [4.78, 5) is 28.4. The van der Waals surface area contributed by atoms with Gasteiger partial charge in [0.15, 0.2) is 0 Å². The van der Waals surface area contributed by atoms with E-state index in [1.807, 2.05) is 49.6 Å². The molecule has 0 atom stereocenters. The fourth-order valence-electron chi connectivity index (χ4n) is 4.67. The first-order valence-corrected chi connectivity index (χ1v) is 13.9.